The molecule has 17 heavy (non-hydrogen) atoms. The summed E-state index contributed by atoms with van der Waals surface area (Å²) in [7, 11) is 0. The third-order valence-corrected chi connectivity index (χ3v) is 3.71. The Morgan fingerprint density at radius 1 is 1.35 bits per heavy atom. The lowest BCUT2D eigenvalue weighted by Gasteiger charge is -1.96. The van der Waals surface area contributed by atoms with E-state index in [0.717, 1.165) is 15.7 Å². The molecule has 0 saturated carbocycles. The van der Waals surface area contributed by atoms with E-state index in [4.69, 9.17) is 4.74 Å². The smallest absolute Gasteiger partial charge is 0.357 e. The molecule has 0 aliphatic heterocycles. The third-order valence-electron chi connectivity index (χ3n) is 2.04. The number of thiazole rings is 2. The van der Waals surface area contributed by atoms with Gasteiger partial charge >= 0.3 is 5.97 Å². The van der Waals surface area contributed by atoms with Gasteiger partial charge in [0.25, 0.3) is 0 Å². The third kappa shape index (κ3) is 3.10. The topological polar surface area (TPSA) is 52.1 Å². The molecule has 0 atom stereocenters. The number of carbonyl (C=O) groups excluding carboxylic acids is 1. The van der Waals surface area contributed by atoms with E-state index in [-0.39, 0.29) is 5.97 Å². The van der Waals surface area contributed by atoms with Crippen molar-refractivity contribution in [1.82, 2.24) is 9.97 Å². The lowest BCUT2D eigenvalue weighted by Crippen LogP contribution is -2.05. The lowest BCUT2D eigenvalue weighted by atomic mass is 10.3. The number of nitrogens with zero attached hydrogens (tertiary/aromatic N) is 2. The fourth-order valence-corrected chi connectivity index (χ4v) is 2.73. The molecule has 2 aromatic rings. The number of esters is 1. The second-order valence-corrected chi connectivity index (χ2v) is 5.39. The molecule has 0 aromatic carbocycles. The summed E-state index contributed by atoms with van der Waals surface area (Å²) in [6.07, 6.45) is 0.675. The molecule has 2 rings (SSSR count). The fraction of sp³-hybridized carbons (Fsp3) is 0.364. The minimum atomic E-state index is -0.357. The Kier molecular flexibility index (Phi) is 3.86. The van der Waals surface area contributed by atoms with Crippen LogP contribution in [0.5, 0.6) is 0 Å². The Hall–Kier alpha value is -1.27. The summed E-state index contributed by atoms with van der Waals surface area (Å²) in [5.74, 6) is -0.357. The second kappa shape index (κ2) is 5.37. The number of aromatic nitrogens is 2. The van der Waals surface area contributed by atoms with Crippen molar-refractivity contribution in [2.45, 2.75) is 20.3 Å². The van der Waals surface area contributed by atoms with E-state index in [2.05, 4.69) is 9.97 Å². The highest BCUT2D eigenvalue weighted by molar-refractivity contribution is 7.10. The van der Waals surface area contributed by atoms with Gasteiger partial charge in [0, 0.05) is 17.2 Å². The number of rotatable bonds is 4. The molecular weight excluding hydrogens is 256 g/mol. The van der Waals surface area contributed by atoms with Gasteiger partial charge in [0.15, 0.2) is 5.69 Å². The van der Waals surface area contributed by atoms with Crippen LogP contribution in [0.3, 0.4) is 0 Å². The van der Waals surface area contributed by atoms with Gasteiger partial charge in [-0.3, -0.25) is 0 Å². The van der Waals surface area contributed by atoms with Crippen molar-refractivity contribution in [3.63, 3.8) is 0 Å². The summed E-state index contributed by atoms with van der Waals surface area (Å²) < 4.78 is 4.89. The summed E-state index contributed by atoms with van der Waals surface area (Å²) in [6, 6.07) is 0. The van der Waals surface area contributed by atoms with E-state index in [1.807, 2.05) is 12.3 Å². The summed E-state index contributed by atoms with van der Waals surface area (Å²) in [6.45, 7) is 4.13. The highest BCUT2D eigenvalue weighted by atomic mass is 32.1. The van der Waals surface area contributed by atoms with E-state index < -0.39 is 0 Å². The molecule has 0 unspecified atom stereocenters. The Labute approximate surface area is 107 Å². The van der Waals surface area contributed by atoms with Gasteiger partial charge in [0.1, 0.15) is 0 Å². The van der Waals surface area contributed by atoms with Crippen LogP contribution in [0, 0.1) is 6.92 Å². The number of ether oxygens (including phenoxy) is 1. The first-order valence-electron chi connectivity index (χ1n) is 5.21. The Morgan fingerprint density at radius 3 is 2.82 bits per heavy atom. The quantitative estimate of drug-likeness (QED) is 0.800. The Balaban J connectivity index is 2.06. The maximum absolute atomic E-state index is 11.4. The molecule has 2 heterocycles. The first-order chi connectivity index (χ1) is 8.19. The zero-order valence-electron chi connectivity index (χ0n) is 9.60. The molecule has 0 saturated heterocycles. The SMILES string of the molecule is CCOC(=O)c1csc(Cc2csc(C)n2)n1. The van der Waals surface area contributed by atoms with Crippen molar-refractivity contribution in [2.75, 3.05) is 6.61 Å². The predicted molar refractivity (Wildman–Crippen MR) is 67.7 cm³/mol. The molecule has 4 nitrogen and oxygen atoms in total. The van der Waals surface area contributed by atoms with E-state index in [0.29, 0.717) is 18.7 Å². The van der Waals surface area contributed by atoms with Gasteiger partial charge in [-0.05, 0) is 13.8 Å². The minimum Gasteiger partial charge on any atom is -0.461 e. The molecule has 6 heteroatoms. The zero-order valence-corrected chi connectivity index (χ0v) is 11.2. The number of carbonyl (C=O) groups is 1. The summed E-state index contributed by atoms with van der Waals surface area (Å²) in [5, 5.41) is 5.67. The monoisotopic (exact) mass is 268 g/mol. The van der Waals surface area contributed by atoms with Crippen molar-refractivity contribution in [1.29, 1.82) is 0 Å². The fourth-order valence-electron chi connectivity index (χ4n) is 1.34. The average molecular weight is 268 g/mol. The molecule has 90 valence electrons. The second-order valence-electron chi connectivity index (χ2n) is 3.38. The summed E-state index contributed by atoms with van der Waals surface area (Å²) in [5.41, 5.74) is 1.39. The van der Waals surface area contributed by atoms with Gasteiger partial charge in [-0.1, -0.05) is 0 Å². The van der Waals surface area contributed by atoms with Gasteiger partial charge in [-0.2, -0.15) is 0 Å². The number of hydrogen-bond donors (Lipinski definition) is 0. The van der Waals surface area contributed by atoms with Crippen LogP contribution in [0.2, 0.25) is 0 Å². The van der Waals surface area contributed by atoms with Gasteiger partial charge in [0.2, 0.25) is 0 Å². The van der Waals surface area contributed by atoms with Crippen molar-refractivity contribution in [2.24, 2.45) is 0 Å². The molecule has 0 radical (unpaired) electrons. The average Bonchev–Trinajstić information content (AvgIpc) is 2.89. The van der Waals surface area contributed by atoms with E-state index in [1.165, 1.54) is 11.3 Å². The lowest BCUT2D eigenvalue weighted by molar-refractivity contribution is 0.0520. The van der Waals surface area contributed by atoms with Crippen LogP contribution >= 0.6 is 22.7 Å². The molecule has 0 N–H and O–H groups in total. The van der Waals surface area contributed by atoms with Crippen LogP contribution in [0.4, 0.5) is 0 Å². The first kappa shape index (κ1) is 12.2. The van der Waals surface area contributed by atoms with Crippen molar-refractivity contribution >= 4 is 28.6 Å². The maximum atomic E-state index is 11.4. The largest absolute Gasteiger partial charge is 0.461 e. The molecule has 0 amide bonds. The highest BCUT2D eigenvalue weighted by Gasteiger charge is 2.12. The molecular formula is C11H12N2O2S2. The molecule has 0 aliphatic carbocycles. The molecule has 0 fully saturated rings. The molecule has 0 bridgehead atoms. The van der Waals surface area contributed by atoms with Crippen LogP contribution in [0.15, 0.2) is 10.8 Å². The van der Waals surface area contributed by atoms with Crippen LogP contribution in [-0.2, 0) is 11.2 Å². The summed E-state index contributed by atoms with van der Waals surface area (Å²) in [4.78, 5) is 20.0. The Morgan fingerprint density at radius 2 is 2.18 bits per heavy atom. The molecule has 0 aliphatic rings. The summed E-state index contributed by atoms with van der Waals surface area (Å²) >= 11 is 3.08. The molecule has 2 aromatic heterocycles. The zero-order chi connectivity index (χ0) is 12.3. The van der Waals surface area contributed by atoms with Crippen LogP contribution < -0.4 is 0 Å². The van der Waals surface area contributed by atoms with Crippen LogP contribution in [0.25, 0.3) is 0 Å². The van der Waals surface area contributed by atoms with Crippen molar-refractivity contribution in [3.8, 4) is 0 Å². The predicted octanol–water partition coefficient (Wildman–Crippen LogP) is 2.68. The Bertz CT molecular complexity index is 519. The molecule has 0 spiro atoms. The van der Waals surface area contributed by atoms with Crippen LogP contribution in [-0.4, -0.2) is 22.5 Å². The number of hydrogen-bond acceptors (Lipinski definition) is 6. The van der Waals surface area contributed by atoms with E-state index in [9.17, 15) is 4.79 Å². The van der Waals surface area contributed by atoms with Gasteiger partial charge in [-0.25, -0.2) is 14.8 Å². The number of aryl methyl sites for hydroxylation is 1. The van der Waals surface area contributed by atoms with E-state index in [1.54, 1.807) is 23.6 Å². The van der Waals surface area contributed by atoms with Crippen molar-refractivity contribution in [3.05, 3.63) is 32.2 Å². The van der Waals surface area contributed by atoms with Crippen LogP contribution in [0.1, 0.15) is 33.1 Å². The normalized spacial score (nSPS) is 10.5. The van der Waals surface area contributed by atoms with Gasteiger partial charge in [-0.15, -0.1) is 22.7 Å². The highest BCUT2D eigenvalue weighted by Crippen LogP contribution is 2.17. The van der Waals surface area contributed by atoms with Gasteiger partial charge in [0.05, 0.1) is 22.3 Å². The van der Waals surface area contributed by atoms with Gasteiger partial charge < -0.3 is 4.74 Å². The maximum Gasteiger partial charge on any atom is 0.357 e. The van der Waals surface area contributed by atoms with E-state index >= 15 is 0 Å². The van der Waals surface area contributed by atoms with Crippen molar-refractivity contribution < 1.29 is 9.53 Å². The minimum absolute atomic E-state index is 0.357. The first-order valence-corrected chi connectivity index (χ1v) is 6.97. The standard InChI is InChI=1S/C11H12N2O2S2/c1-3-15-11(14)9-6-17-10(13-9)4-8-5-16-7(2)12-8/h5-6H,3-4H2,1-2H3.